The molecule has 0 saturated heterocycles. The number of hydrogen-bond acceptors (Lipinski definition) is 4. The third-order valence-electron chi connectivity index (χ3n) is 4.70. The van der Waals surface area contributed by atoms with Crippen LogP contribution in [0.2, 0.25) is 0 Å². The van der Waals surface area contributed by atoms with Crippen molar-refractivity contribution < 1.29 is 13.2 Å². The van der Waals surface area contributed by atoms with E-state index in [9.17, 15) is 13.2 Å². The molecule has 0 amide bonds. The minimum absolute atomic E-state index is 0.206. The minimum atomic E-state index is -4.16. The average Bonchev–Trinajstić information content (AvgIpc) is 3.12. The second kappa shape index (κ2) is 4.76. The van der Waals surface area contributed by atoms with Crippen LogP contribution in [0.5, 0.6) is 0 Å². The number of fused-ring (bicyclic) bond motifs is 3. The largest absolute Gasteiger partial charge is 0.393 e. The van der Waals surface area contributed by atoms with E-state index in [2.05, 4.69) is 20.3 Å². The van der Waals surface area contributed by atoms with Crippen molar-refractivity contribution in [2.75, 3.05) is 16.9 Å². The van der Waals surface area contributed by atoms with Crippen molar-refractivity contribution in [3.05, 3.63) is 12.5 Å². The first kappa shape index (κ1) is 13.7. The van der Waals surface area contributed by atoms with Crippen molar-refractivity contribution in [1.29, 1.82) is 0 Å². The molecule has 8 heteroatoms. The van der Waals surface area contributed by atoms with Gasteiger partial charge in [-0.2, -0.15) is 13.2 Å². The Balaban J connectivity index is 1.77. The third kappa shape index (κ3) is 2.00. The Morgan fingerprint density at radius 3 is 2.82 bits per heavy atom. The summed E-state index contributed by atoms with van der Waals surface area (Å²) >= 11 is 0. The lowest BCUT2D eigenvalue weighted by Crippen LogP contribution is -2.48. The molecule has 0 unspecified atom stereocenters. The van der Waals surface area contributed by atoms with Crippen LogP contribution in [0.3, 0.4) is 0 Å². The first-order valence-corrected chi connectivity index (χ1v) is 7.45. The predicted octanol–water partition coefficient (Wildman–Crippen LogP) is 3.27. The highest BCUT2D eigenvalue weighted by Crippen LogP contribution is 2.45. The van der Waals surface area contributed by atoms with Gasteiger partial charge in [0.25, 0.3) is 0 Å². The smallest absolute Gasteiger partial charge is 0.365 e. The lowest BCUT2D eigenvalue weighted by molar-refractivity contribution is -0.186. The molecule has 2 aliphatic rings. The SMILES string of the molecule is FC(F)(F)[C@@H]1CCCC[C@@H]1N1CNc2cnc3nc[nH]c3c21. The Kier molecular flexibility index (Phi) is 2.95. The summed E-state index contributed by atoms with van der Waals surface area (Å²) in [5.41, 5.74) is 2.77. The summed E-state index contributed by atoms with van der Waals surface area (Å²) in [6, 6.07) is -0.531. The van der Waals surface area contributed by atoms with Gasteiger partial charge in [0.1, 0.15) is 5.52 Å². The highest BCUT2D eigenvalue weighted by Gasteiger charge is 2.48. The molecule has 2 atom stereocenters. The lowest BCUT2D eigenvalue weighted by atomic mass is 9.83. The van der Waals surface area contributed by atoms with Crippen LogP contribution in [-0.2, 0) is 0 Å². The van der Waals surface area contributed by atoms with E-state index in [0.717, 1.165) is 17.8 Å². The molecule has 2 N–H and O–H groups in total. The van der Waals surface area contributed by atoms with Crippen molar-refractivity contribution in [3.63, 3.8) is 0 Å². The molecule has 0 aromatic carbocycles. The lowest BCUT2D eigenvalue weighted by Gasteiger charge is -2.39. The van der Waals surface area contributed by atoms with Gasteiger partial charge in [-0.25, -0.2) is 9.97 Å². The standard InChI is InChI=1S/C14H16F3N5/c15-14(16,17)8-3-1-2-4-10(8)22-7-21-9-5-18-13-11(12(9)22)19-6-20-13/h5-6,8,10,21H,1-4,7H2,(H,18,19,20)/t8-,10+/m1/s1. The van der Waals surface area contributed by atoms with Crippen molar-refractivity contribution in [1.82, 2.24) is 15.0 Å². The van der Waals surface area contributed by atoms with Crippen LogP contribution in [0.15, 0.2) is 12.5 Å². The van der Waals surface area contributed by atoms with Gasteiger partial charge >= 0.3 is 6.18 Å². The topological polar surface area (TPSA) is 56.8 Å². The highest BCUT2D eigenvalue weighted by atomic mass is 19.4. The molecule has 1 aliphatic carbocycles. The molecule has 1 fully saturated rings. The second-order valence-corrected chi connectivity index (χ2v) is 5.93. The summed E-state index contributed by atoms with van der Waals surface area (Å²) in [5.74, 6) is -1.28. The van der Waals surface area contributed by atoms with Crippen LogP contribution in [-0.4, -0.2) is 33.8 Å². The number of rotatable bonds is 1. The monoisotopic (exact) mass is 311 g/mol. The number of nitrogens with zero attached hydrogens (tertiary/aromatic N) is 3. The van der Waals surface area contributed by atoms with Gasteiger partial charge in [0.05, 0.1) is 36.5 Å². The van der Waals surface area contributed by atoms with Gasteiger partial charge < -0.3 is 15.2 Å². The van der Waals surface area contributed by atoms with Crippen molar-refractivity contribution in [2.45, 2.75) is 37.9 Å². The molecule has 2 aromatic rings. The highest BCUT2D eigenvalue weighted by molar-refractivity contribution is 5.96. The summed E-state index contributed by atoms with van der Waals surface area (Å²) < 4.78 is 40.2. The van der Waals surface area contributed by atoms with Crippen LogP contribution in [0.25, 0.3) is 11.2 Å². The number of anilines is 2. The molecule has 1 aliphatic heterocycles. The summed E-state index contributed by atoms with van der Waals surface area (Å²) in [7, 11) is 0. The Morgan fingerprint density at radius 1 is 1.18 bits per heavy atom. The number of nitrogens with one attached hydrogen (secondary N) is 2. The normalized spacial score (nSPS) is 25.3. The fraction of sp³-hybridized carbons (Fsp3) is 0.571. The first-order chi connectivity index (χ1) is 10.6. The van der Waals surface area contributed by atoms with Crippen LogP contribution in [0.1, 0.15) is 25.7 Å². The van der Waals surface area contributed by atoms with Gasteiger partial charge in [0, 0.05) is 6.04 Å². The molecule has 118 valence electrons. The zero-order valence-corrected chi connectivity index (χ0v) is 11.8. The quantitative estimate of drug-likeness (QED) is 0.848. The first-order valence-electron chi connectivity index (χ1n) is 7.45. The maximum Gasteiger partial charge on any atom is 0.393 e. The number of halogens is 3. The zero-order chi connectivity index (χ0) is 15.3. The van der Waals surface area contributed by atoms with E-state index in [1.54, 1.807) is 6.20 Å². The number of aromatic nitrogens is 3. The molecular weight excluding hydrogens is 295 g/mol. The number of aromatic amines is 1. The van der Waals surface area contributed by atoms with Crippen LogP contribution < -0.4 is 10.2 Å². The van der Waals surface area contributed by atoms with Crippen LogP contribution in [0.4, 0.5) is 24.5 Å². The number of pyridine rings is 1. The number of H-pyrrole nitrogens is 1. The number of hydrogen-bond donors (Lipinski definition) is 2. The number of alkyl halides is 3. The van der Waals surface area contributed by atoms with E-state index in [4.69, 9.17) is 0 Å². The maximum absolute atomic E-state index is 13.4. The van der Waals surface area contributed by atoms with E-state index >= 15 is 0 Å². The number of imidazole rings is 1. The molecule has 5 nitrogen and oxygen atoms in total. The summed E-state index contributed by atoms with van der Waals surface area (Å²) in [4.78, 5) is 13.2. The van der Waals surface area contributed by atoms with Gasteiger partial charge in [-0.3, -0.25) is 0 Å². The summed E-state index contributed by atoms with van der Waals surface area (Å²) in [5, 5.41) is 3.15. The molecule has 0 spiro atoms. The maximum atomic E-state index is 13.4. The molecule has 0 radical (unpaired) electrons. The molecule has 0 bridgehead atoms. The van der Waals surface area contributed by atoms with E-state index in [1.807, 2.05) is 4.90 Å². The molecule has 4 rings (SSSR count). The molecule has 3 heterocycles. The molecule has 22 heavy (non-hydrogen) atoms. The van der Waals surface area contributed by atoms with Gasteiger partial charge in [0.2, 0.25) is 0 Å². The van der Waals surface area contributed by atoms with E-state index in [-0.39, 0.29) is 6.42 Å². The fourth-order valence-electron chi connectivity index (χ4n) is 3.71. The Labute approximate surface area is 124 Å². The molecule has 1 saturated carbocycles. The third-order valence-corrected chi connectivity index (χ3v) is 4.70. The minimum Gasteiger partial charge on any atom is -0.365 e. The van der Waals surface area contributed by atoms with E-state index in [1.165, 1.54) is 6.33 Å². The molecular formula is C14H16F3N5. The summed E-state index contributed by atoms with van der Waals surface area (Å²) in [6.07, 6.45) is 1.25. The Bertz CT molecular complexity index is 695. The predicted molar refractivity (Wildman–Crippen MR) is 76.7 cm³/mol. The van der Waals surface area contributed by atoms with Gasteiger partial charge in [-0.1, -0.05) is 12.8 Å². The van der Waals surface area contributed by atoms with E-state index < -0.39 is 18.1 Å². The van der Waals surface area contributed by atoms with Gasteiger partial charge in [-0.15, -0.1) is 0 Å². The average molecular weight is 311 g/mol. The Morgan fingerprint density at radius 2 is 2.00 bits per heavy atom. The van der Waals surface area contributed by atoms with Crippen LogP contribution >= 0.6 is 0 Å². The van der Waals surface area contributed by atoms with Crippen molar-refractivity contribution in [2.24, 2.45) is 5.92 Å². The van der Waals surface area contributed by atoms with E-state index in [0.29, 0.717) is 30.7 Å². The fourth-order valence-corrected chi connectivity index (χ4v) is 3.71. The molecule has 2 aromatic heterocycles. The zero-order valence-electron chi connectivity index (χ0n) is 11.8. The van der Waals surface area contributed by atoms with Gasteiger partial charge in [0.15, 0.2) is 5.65 Å². The summed E-state index contributed by atoms with van der Waals surface area (Å²) in [6.45, 7) is 0.381. The van der Waals surface area contributed by atoms with Crippen molar-refractivity contribution >= 4 is 22.5 Å². The van der Waals surface area contributed by atoms with Crippen LogP contribution in [0, 0.1) is 5.92 Å². The van der Waals surface area contributed by atoms with Gasteiger partial charge in [-0.05, 0) is 12.8 Å². The van der Waals surface area contributed by atoms with Crippen molar-refractivity contribution in [3.8, 4) is 0 Å². The Hall–Kier alpha value is -1.99. The second-order valence-electron chi connectivity index (χ2n) is 5.93.